The summed E-state index contributed by atoms with van der Waals surface area (Å²) in [7, 11) is -3.14. The molecular weight excluding hydrogens is 368 g/mol. The minimum atomic E-state index is -3.14. The summed E-state index contributed by atoms with van der Waals surface area (Å²) in [6.07, 6.45) is 2.82. The third-order valence-corrected chi connectivity index (χ3v) is 7.33. The number of nitrogens with zero attached hydrogens (tertiary/aromatic N) is 2. The van der Waals surface area contributed by atoms with Gasteiger partial charge in [0.2, 0.25) is 10.0 Å². The maximum Gasteiger partial charge on any atom is 0.313 e. The van der Waals surface area contributed by atoms with Crippen molar-refractivity contribution in [3.05, 3.63) is 29.8 Å². The fourth-order valence-electron chi connectivity index (χ4n) is 3.13. The number of sulfonamides is 1. The van der Waals surface area contributed by atoms with Crippen molar-refractivity contribution in [3.8, 4) is 6.07 Å². The Labute approximate surface area is 158 Å². The van der Waals surface area contributed by atoms with Crippen LogP contribution >= 0.6 is 0 Å². The van der Waals surface area contributed by atoms with Crippen LogP contribution in [0.5, 0.6) is 0 Å². The maximum atomic E-state index is 12.2. The molecular formula is C18H22N4O4S. The molecule has 2 fully saturated rings. The molecule has 0 aromatic heterocycles. The summed E-state index contributed by atoms with van der Waals surface area (Å²) in [6, 6.07) is 8.40. The number of nitriles is 1. The van der Waals surface area contributed by atoms with Gasteiger partial charge in [0.25, 0.3) is 0 Å². The summed E-state index contributed by atoms with van der Waals surface area (Å²) in [5.41, 5.74) is 0.571. The average molecular weight is 390 g/mol. The molecule has 1 aromatic rings. The van der Waals surface area contributed by atoms with Crippen molar-refractivity contribution in [2.75, 3.05) is 25.0 Å². The van der Waals surface area contributed by atoms with Crippen LogP contribution in [0, 0.1) is 17.2 Å². The molecule has 1 saturated heterocycles. The lowest BCUT2D eigenvalue weighted by Gasteiger charge is -2.31. The number of carbonyl (C=O) groups is 2. The Balaban J connectivity index is 1.44. The molecule has 0 unspecified atom stereocenters. The highest BCUT2D eigenvalue weighted by Gasteiger charge is 2.41. The molecule has 0 atom stereocenters. The molecule has 8 nitrogen and oxygen atoms in total. The topological polar surface area (TPSA) is 119 Å². The monoisotopic (exact) mass is 390 g/mol. The van der Waals surface area contributed by atoms with Crippen molar-refractivity contribution >= 4 is 27.5 Å². The fourth-order valence-corrected chi connectivity index (χ4v) is 5.00. The molecule has 1 aliphatic carbocycles. The number of hydrogen-bond acceptors (Lipinski definition) is 5. The largest absolute Gasteiger partial charge is 0.348 e. The zero-order valence-electron chi connectivity index (χ0n) is 14.8. The van der Waals surface area contributed by atoms with Crippen LogP contribution < -0.4 is 10.6 Å². The summed E-state index contributed by atoms with van der Waals surface area (Å²) < 4.78 is 26.0. The summed E-state index contributed by atoms with van der Waals surface area (Å²) >= 11 is 0. The highest BCUT2D eigenvalue weighted by molar-refractivity contribution is 7.90. The van der Waals surface area contributed by atoms with E-state index in [0.717, 1.165) is 12.8 Å². The number of para-hydroxylation sites is 1. The van der Waals surface area contributed by atoms with Gasteiger partial charge in [0.15, 0.2) is 0 Å². The van der Waals surface area contributed by atoms with Crippen molar-refractivity contribution < 1.29 is 18.0 Å². The molecule has 2 aliphatic rings. The summed E-state index contributed by atoms with van der Waals surface area (Å²) in [5, 5.41) is 13.8. The Kier molecular flexibility index (Phi) is 5.77. The second-order valence-electron chi connectivity index (χ2n) is 6.91. The lowest BCUT2D eigenvalue weighted by molar-refractivity contribution is -0.136. The molecule has 2 N–H and O–H groups in total. The van der Waals surface area contributed by atoms with E-state index in [4.69, 9.17) is 5.26 Å². The number of amides is 2. The summed E-state index contributed by atoms with van der Waals surface area (Å²) in [4.78, 5) is 24.0. The SMILES string of the molecule is N#Cc1ccccc1NC(=O)C(=O)NCC1CCN(S(=O)(=O)C2CC2)CC1. The third kappa shape index (κ3) is 4.64. The molecule has 1 aliphatic heterocycles. The van der Waals surface area contributed by atoms with E-state index in [0.29, 0.717) is 38.2 Å². The second-order valence-corrected chi connectivity index (χ2v) is 9.12. The predicted molar refractivity (Wildman–Crippen MR) is 99.0 cm³/mol. The van der Waals surface area contributed by atoms with Gasteiger partial charge in [-0.2, -0.15) is 5.26 Å². The summed E-state index contributed by atoms with van der Waals surface area (Å²) in [5.74, 6) is -1.46. The van der Waals surface area contributed by atoms with E-state index in [1.165, 1.54) is 0 Å². The van der Waals surface area contributed by atoms with E-state index in [1.54, 1.807) is 28.6 Å². The van der Waals surface area contributed by atoms with Crippen LogP contribution in [0.3, 0.4) is 0 Å². The molecule has 9 heteroatoms. The lowest BCUT2D eigenvalue weighted by Crippen LogP contribution is -2.44. The van der Waals surface area contributed by atoms with E-state index in [-0.39, 0.29) is 16.7 Å². The molecule has 1 saturated carbocycles. The van der Waals surface area contributed by atoms with Gasteiger partial charge >= 0.3 is 11.8 Å². The van der Waals surface area contributed by atoms with Crippen LogP contribution in [0.25, 0.3) is 0 Å². The Bertz CT molecular complexity index is 866. The molecule has 1 heterocycles. The van der Waals surface area contributed by atoms with Gasteiger partial charge in [0.05, 0.1) is 16.5 Å². The summed E-state index contributed by atoms with van der Waals surface area (Å²) in [6.45, 7) is 1.24. The predicted octanol–water partition coefficient (Wildman–Crippen LogP) is 0.817. The number of carbonyl (C=O) groups excluding carboxylic acids is 2. The zero-order valence-corrected chi connectivity index (χ0v) is 15.7. The molecule has 0 radical (unpaired) electrons. The standard InChI is InChI=1S/C18H22N4O4S/c19-11-14-3-1-2-4-16(14)21-18(24)17(23)20-12-13-7-9-22(10-8-13)27(25,26)15-5-6-15/h1-4,13,15H,5-10,12H2,(H,20,23)(H,21,24). The zero-order chi connectivity index (χ0) is 19.4. The smallest absolute Gasteiger partial charge is 0.313 e. The van der Waals surface area contributed by atoms with Crippen LogP contribution in [-0.2, 0) is 19.6 Å². The van der Waals surface area contributed by atoms with Crippen molar-refractivity contribution in [1.29, 1.82) is 5.26 Å². The molecule has 2 amide bonds. The highest BCUT2D eigenvalue weighted by atomic mass is 32.2. The van der Waals surface area contributed by atoms with Gasteiger partial charge in [-0.25, -0.2) is 12.7 Å². The van der Waals surface area contributed by atoms with Crippen molar-refractivity contribution in [1.82, 2.24) is 9.62 Å². The lowest BCUT2D eigenvalue weighted by atomic mass is 9.98. The van der Waals surface area contributed by atoms with Crippen LogP contribution in [0.4, 0.5) is 5.69 Å². The molecule has 0 spiro atoms. The first-order valence-corrected chi connectivity index (χ1v) is 10.5. The minimum Gasteiger partial charge on any atom is -0.348 e. The second kappa shape index (κ2) is 8.06. The third-order valence-electron chi connectivity index (χ3n) is 4.93. The van der Waals surface area contributed by atoms with Gasteiger partial charge in [-0.05, 0) is 43.7 Å². The highest BCUT2D eigenvalue weighted by Crippen LogP contribution is 2.33. The Morgan fingerprint density at radius 3 is 2.41 bits per heavy atom. The average Bonchev–Trinajstić information content (AvgIpc) is 3.52. The normalized spacial score (nSPS) is 18.5. The first-order chi connectivity index (χ1) is 12.9. The maximum absolute atomic E-state index is 12.2. The number of piperidine rings is 1. The number of nitrogens with one attached hydrogen (secondary N) is 2. The van der Waals surface area contributed by atoms with Crippen LogP contribution in [0.1, 0.15) is 31.2 Å². The van der Waals surface area contributed by atoms with E-state index in [1.807, 2.05) is 6.07 Å². The Morgan fingerprint density at radius 1 is 1.11 bits per heavy atom. The van der Waals surface area contributed by atoms with Gasteiger partial charge in [-0.1, -0.05) is 12.1 Å². The molecule has 27 heavy (non-hydrogen) atoms. The van der Waals surface area contributed by atoms with E-state index >= 15 is 0 Å². The van der Waals surface area contributed by atoms with E-state index < -0.39 is 21.8 Å². The van der Waals surface area contributed by atoms with Crippen LogP contribution in [-0.4, -0.2) is 49.4 Å². The van der Waals surface area contributed by atoms with Crippen molar-refractivity contribution in [2.24, 2.45) is 5.92 Å². The first kappa shape index (κ1) is 19.3. The van der Waals surface area contributed by atoms with Gasteiger partial charge in [-0.3, -0.25) is 9.59 Å². The van der Waals surface area contributed by atoms with Gasteiger partial charge < -0.3 is 10.6 Å². The number of anilines is 1. The quantitative estimate of drug-likeness (QED) is 0.721. The van der Waals surface area contributed by atoms with Gasteiger partial charge in [0.1, 0.15) is 6.07 Å². The van der Waals surface area contributed by atoms with Gasteiger partial charge in [-0.15, -0.1) is 0 Å². The van der Waals surface area contributed by atoms with E-state index in [2.05, 4.69) is 10.6 Å². The molecule has 0 bridgehead atoms. The van der Waals surface area contributed by atoms with Gasteiger partial charge in [0, 0.05) is 19.6 Å². The Morgan fingerprint density at radius 2 is 1.78 bits per heavy atom. The molecule has 3 rings (SSSR count). The number of rotatable bonds is 5. The fraction of sp³-hybridized carbons (Fsp3) is 0.500. The van der Waals surface area contributed by atoms with Crippen molar-refractivity contribution in [3.63, 3.8) is 0 Å². The van der Waals surface area contributed by atoms with Crippen molar-refractivity contribution in [2.45, 2.75) is 30.9 Å². The van der Waals surface area contributed by atoms with Crippen LogP contribution in [0.15, 0.2) is 24.3 Å². The number of benzene rings is 1. The molecule has 144 valence electrons. The van der Waals surface area contributed by atoms with E-state index in [9.17, 15) is 18.0 Å². The van der Waals surface area contributed by atoms with Crippen LogP contribution in [0.2, 0.25) is 0 Å². The Hall–Kier alpha value is -2.44. The number of hydrogen-bond donors (Lipinski definition) is 2. The minimum absolute atomic E-state index is 0.138. The molecule has 1 aromatic carbocycles. The first-order valence-electron chi connectivity index (χ1n) is 8.99.